The molecule has 0 bridgehead atoms. The standard InChI is InChI=1S/C17H36N4.HI/c1-5-18-17(19-11-7-6-9-15(2)3)20-13-16-10-8-12-21(4)14-16;/h15-16H,5-14H2,1-4H3,(H2,18,19,20);1H. The Balaban J connectivity index is 0.00000441. The first kappa shape index (κ1) is 22.0. The molecule has 1 fully saturated rings. The van der Waals surface area contributed by atoms with Crippen LogP contribution in [0.25, 0.3) is 0 Å². The van der Waals surface area contributed by atoms with Crippen LogP contribution in [0.15, 0.2) is 4.99 Å². The predicted molar refractivity (Wildman–Crippen MR) is 108 cm³/mol. The fraction of sp³-hybridized carbons (Fsp3) is 0.941. The van der Waals surface area contributed by atoms with E-state index in [1.165, 1.54) is 45.2 Å². The molecule has 1 aliphatic rings. The summed E-state index contributed by atoms with van der Waals surface area (Å²) in [5.41, 5.74) is 0. The second-order valence-corrected chi connectivity index (χ2v) is 6.81. The lowest BCUT2D eigenvalue weighted by molar-refractivity contribution is 0.214. The van der Waals surface area contributed by atoms with Crippen molar-refractivity contribution in [3.05, 3.63) is 0 Å². The fourth-order valence-corrected chi connectivity index (χ4v) is 2.87. The van der Waals surface area contributed by atoms with Crippen molar-refractivity contribution in [2.75, 3.05) is 39.8 Å². The predicted octanol–water partition coefficient (Wildman–Crippen LogP) is 3.33. The third-order valence-electron chi connectivity index (χ3n) is 4.07. The van der Waals surface area contributed by atoms with E-state index in [2.05, 4.69) is 43.4 Å². The Morgan fingerprint density at radius 2 is 2.05 bits per heavy atom. The van der Waals surface area contributed by atoms with Crippen molar-refractivity contribution in [2.45, 2.75) is 52.9 Å². The zero-order chi connectivity index (χ0) is 15.5. The van der Waals surface area contributed by atoms with Crippen LogP contribution < -0.4 is 10.6 Å². The Morgan fingerprint density at radius 3 is 2.68 bits per heavy atom. The van der Waals surface area contributed by atoms with Gasteiger partial charge < -0.3 is 15.5 Å². The van der Waals surface area contributed by atoms with Gasteiger partial charge in [0.2, 0.25) is 0 Å². The molecular weight excluding hydrogens is 387 g/mol. The van der Waals surface area contributed by atoms with Gasteiger partial charge in [-0.15, -0.1) is 24.0 Å². The number of likely N-dealkylation sites (tertiary alicyclic amines) is 1. The van der Waals surface area contributed by atoms with Crippen LogP contribution in [-0.2, 0) is 0 Å². The van der Waals surface area contributed by atoms with Gasteiger partial charge in [-0.2, -0.15) is 0 Å². The minimum Gasteiger partial charge on any atom is -0.357 e. The number of hydrogen-bond acceptors (Lipinski definition) is 2. The maximum absolute atomic E-state index is 4.77. The van der Waals surface area contributed by atoms with E-state index in [0.717, 1.165) is 37.4 Å². The molecule has 0 spiro atoms. The van der Waals surface area contributed by atoms with Gasteiger partial charge >= 0.3 is 0 Å². The molecule has 2 N–H and O–H groups in total. The van der Waals surface area contributed by atoms with Gasteiger partial charge in [-0.3, -0.25) is 4.99 Å². The first-order valence-corrected chi connectivity index (χ1v) is 8.82. The van der Waals surface area contributed by atoms with Crippen LogP contribution in [0.4, 0.5) is 0 Å². The molecule has 1 atom stereocenters. The number of guanidine groups is 1. The van der Waals surface area contributed by atoms with Crippen LogP contribution in [0.5, 0.6) is 0 Å². The summed E-state index contributed by atoms with van der Waals surface area (Å²) in [6.45, 7) is 12.1. The summed E-state index contributed by atoms with van der Waals surface area (Å²) in [6.07, 6.45) is 6.49. The topological polar surface area (TPSA) is 39.7 Å². The lowest BCUT2D eigenvalue weighted by Gasteiger charge is -2.28. The van der Waals surface area contributed by atoms with Gasteiger partial charge in [0, 0.05) is 26.2 Å². The quantitative estimate of drug-likeness (QED) is 0.272. The van der Waals surface area contributed by atoms with Crippen LogP contribution in [0.1, 0.15) is 52.9 Å². The van der Waals surface area contributed by atoms with Crippen molar-refractivity contribution >= 4 is 29.9 Å². The number of hydrogen-bond donors (Lipinski definition) is 2. The molecular formula is C17H37IN4. The Labute approximate surface area is 154 Å². The molecule has 0 aromatic carbocycles. The maximum Gasteiger partial charge on any atom is 0.191 e. The number of rotatable bonds is 8. The Morgan fingerprint density at radius 1 is 1.27 bits per heavy atom. The zero-order valence-corrected chi connectivity index (χ0v) is 17.4. The van der Waals surface area contributed by atoms with Gasteiger partial charge in [-0.25, -0.2) is 0 Å². The molecule has 1 saturated heterocycles. The van der Waals surface area contributed by atoms with E-state index < -0.39 is 0 Å². The second-order valence-electron chi connectivity index (χ2n) is 6.81. The van der Waals surface area contributed by atoms with Crippen LogP contribution in [-0.4, -0.2) is 50.6 Å². The first-order chi connectivity index (χ1) is 10.1. The van der Waals surface area contributed by atoms with Crippen LogP contribution in [0.3, 0.4) is 0 Å². The molecule has 132 valence electrons. The van der Waals surface area contributed by atoms with Crippen LogP contribution >= 0.6 is 24.0 Å². The first-order valence-electron chi connectivity index (χ1n) is 8.82. The molecule has 1 unspecified atom stereocenters. The van der Waals surface area contributed by atoms with Gasteiger partial charge in [-0.1, -0.05) is 26.7 Å². The Kier molecular flexibility index (Phi) is 13.4. The van der Waals surface area contributed by atoms with Gasteiger partial charge in [0.1, 0.15) is 0 Å². The van der Waals surface area contributed by atoms with Crippen LogP contribution in [0.2, 0.25) is 0 Å². The summed E-state index contributed by atoms with van der Waals surface area (Å²) in [7, 11) is 2.22. The van der Waals surface area contributed by atoms with E-state index in [1.807, 2.05) is 0 Å². The summed E-state index contributed by atoms with van der Waals surface area (Å²) >= 11 is 0. The number of aliphatic imine (C=N–C) groups is 1. The van der Waals surface area contributed by atoms with Gasteiger partial charge in [0.05, 0.1) is 0 Å². The molecule has 0 radical (unpaired) electrons. The second kappa shape index (κ2) is 13.4. The summed E-state index contributed by atoms with van der Waals surface area (Å²) in [5, 5.41) is 6.83. The summed E-state index contributed by atoms with van der Waals surface area (Å²) < 4.78 is 0. The average molecular weight is 424 g/mol. The van der Waals surface area contributed by atoms with Gasteiger partial charge in [0.25, 0.3) is 0 Å². The summed E-state index contributed by atoms with van der Waals surface area (Å²) in [4.78, 5) is 7.20. The highest BCUT2D eigenvalue weighted by Gasteiger charge is 2.16. The molecule has 1 rings (SSSR count). The Bertz CT molecular complexity index is 294. The van der Waals surface area contributed by atoms with E-state index in [9.17, 15) is 0 Å². The highest BCUT2D eigenvalue weighted by Crippen LogP contribution is 2.15. The lowest BCUT2D eigenvalue weighted by Crippen LogP contribution is -2.39. The maximum atomic E-state index is 4.77. The fourth-order valence-electron chi connectivity index (χ4n) is 2.87. The zero-order valence-electron chi connectivity index (χ0n) is 15.0. The number of unbranched alkanes of at least 4 members (excludes halogenated alkanes) is 1. The molecule has 1 heterocycles. The van der Waals surface area contributed by atoms with Crippen molar-refractivity contribution in [3.63, 3.8) is 0 Å². The van der Waals surface area contributed by atoms with Crippen molar-refractivity contribution < 1.29 is 0 Å². The molecule has 0 aromatic heterocycles. The number of piperidine rings is 1. The molecule has 0 amide bonds. The molecule has 0 aromatic rings. The van der Waals surface area contributed by atoms with E-state index in [1.54, 1.807) is 0 Å². The third kappa shape index (κ3) is 10.6. The number of halogens is 1. The van der Waals surface area contributed by atoms with E-state index in [4.69, 9.17) is 4.99 Å². The normalized spacial score (nSPS) is 19.9. The van der Waals surface area contributed by atoms with E-state index in [0.29, 0.717) is 0 Å². The largest absolute Gasteiger partial charge is 0.357 e. The van der Waals surface area contributed by atoms with E-state index >= 15 is 0 Å². The van der Waals surface area contributed by atoms with Crippen molar-refractivity contribution in [2.24, 2.45) is 16.8 Å². The van der Waals surface area contributed by atoms with E-state index in [-0.39, 0.29) is 24.0 Å². The summed E-state index contributed by atoms with van der Waals surface area (Å²) in [6, 6.07) is 0. The molecule has 0 saturated carbocycles. The molecule has 5 heteroatoms. The highest BCUT2D eigenvalue weighted by atomic mass is 127. The van der Waals surface area contributed by atoms with Crippen molar-refractivity contribution in [3.8, 4) is 0 Å². The minimum atomic E-state index is 0. The highest BCUT2D eigenvalue weighted by molar-refractivity contribution is 14.0. The lowest BCUT2D eigenvalue weighted by atomic mass is 9.99. The molecule has 4 nitrogen and oxygen atoms in total. The smallest absolute Gasteiger partial charge is 0.191 e. The van der Waals surface area contributed by atoms with Crippen LogP contribution in [0, 0.1) is 11.8 Å². The molecule has 22 heavy (non-hydrogen) atoms. The van der Waals surface area contributed by atoms with Crippen molar-refractivity contribution in [1.29, 1.82) is 0 Å². The molecule has 0 aliphatic carbocycles. The van der Waals surface area contributed by atoms with Gasteiger partial charge in [-0.05, 0) is 51.6 Å². The Hall–Kier alpha value is -0.0400. The third-order valence-corrected chi connectivity index (χ3v) is 4.07. The minimum absolute atomic E-state index is 0. The van der Waals surface area contributed by atoms with Gasteiger partial charge in [0.15, 0.2) is 5.96 Å². The summed E-state index contributed by atoms with van der Waals surface area (Å²) in [5.74, 6) is 2.53. The number of nitrogens with zero attached hydrogens (tertiary/aromatic N) is 2. The van der Waals surface area contributed by atoms with Crippen molar-refractivity contribution in [1.82, 2.24) is 15.5 Å². The molecule has 1 aliphatic heterocycles. The number of nitrogens with one attached hydrogen (secondary N) is 2. The average Bonchev–Trinajstić information content (AvgIpc) is 2.44. The monoisotopic (exact) mass is 424 g/mol. The SMILES string of the molecule is CCNC(=NCC1CCCN(C)C1)NCCCCC(C)C.I.